The molecule has 86 valence electrons. The highest BCUT2D eigenvalue weighted by Crippen LogP contribution is 2.05. The molecule has 0 amide bonds. The first kappa shape index (κ1) is 14.3. The Morgan fingerprint density at radius 1 is 1.14 bits per heavy atom. The summed E-state index contributed by atoms with van der Waals surface area (Å²) < 4.78 is 0. The first-order chi connectivity index (χ1) is 6.81. The average molecular weight is 217 g/mol. The van der Waals surface area contributed by atoms with E-state index < -0.39 is 0 Å². The van der Waals surface area contributed by atoms with Gasteiger partial charge in [0.25, 0.3) is 0 Å². The van der Waals surface area contributed by atoms with Crippen LogP contribution in [0.15, 0.2) is 0 Å². The van der Waals surface area contributed by atoms with Crippen LogP contribution in [0.3, 0.4) is 0 Å². The van der Waals surface area contributed by atoms with Crippen LogP contribution >= 0.6 is 11.8 Å². The zero-order valence-corrected chi connectivity index (χ0v) is 11.0. The van der Waals surface area contributed by atoms with Gasteiger partial charge in [-0.15, -0.1) is 0 Å². The molecule has 0 aromatic carbocycles. The molecule has 0 unspecified atom stereocenters. The predicted octanol–water partition coefficient (Wildman–Crippen LogP) is 3.69. The molecule has 0 bridgehead atoms. The Labute approximate surface area is 94.4 Å². The van der Waals surface area contributed by atoms with Crippen molar-refractivity contribution in [1.29, 1.82) is 0 Å². The highest BCUT2D eigenvalue weighted by Gasteiger charge is 1.99. The van der Waals surface area contributed by atoms with Crippen molar-refractivity contribution < 1.29 is 0 Å². The van der Waals surface area contributed by atoms with E-state index in [4.69, 9.17) is 0 Å². The maximum atomic E-state index is 3.58. The lowest BCUT2D eigenvalue weighted by atomic mass is 10.1. The molecule has 1 atom stereocenters. The summed E-state index contributed by atoms with van der Waals surface area (Å²) in [6.45, 7) is 5.77. The molecule has 0 radical (unpaired) electrons. The van der Waals surface area contributed by atoms with E-state index in [0.717, 1.165) is 0 Å². The molecule has 2 heteroatoms. The molecule has 0 rings (SSSR count). The Bertz CT molecular complexity index is 94.5. The van der Waals surface area contributed by atoms with Crippen molar-refractivity contribution in [3.05, 3.63) is 0 Å². The Kier molecular flexibility index (Phi) is 11.6. The van der Waals surface area contributed by atoms with Crippen LogP contribution in [0.5, 0.6) is 0 Å². The Morgan fingerprint density at radius 2 is 1.93 bits per heavy atom. The number of hydrogen-bond donors (Lipinski definition) is 1. The first-order valence-corrected chi connectivity index (χ1v) is 7.43. The van der Waals surface area contributed by atoms with Crippen LogP contribution in [0.2, 0.25) is 0 Å². The minimum Gasteiger partial charge on any atom is -0.314 e. The lowest BCUT2D eigenvalue weighted by Crippen LogP contribution is -2.27. The van der Waals surface area contributed by atoms with Crippen molar-refractivity contribution in [3.8, 4) is 0 Å². The van der Waals surface area contributed by atoms with Gasteiger partial charge in [0.1, 0.15) is 0 Å². The molecule has 0 spiro atoms. The quantitative estimate of drug-likeness (QED) is 0.560. The normalized spacial score (nSPS) is 13.1. The van der Waals surface area contributed by atoms with Gasteiger partial charge >= 0.3 is 0 Å². The molecule has 0 saturated carbocycles. The number of unbranched alkanes of at least 4 members (excludes halogenated alkanes) is 3. The van der Waals surface area contributed by atoms with E-state index in [1.54, 1.807) is 0 Å². The first-order valence-electron chi connectivity index (χ1n) is 6.03. The minimum absolute atomic E-state index is 0.716. The topological polar surface area (TPSA) is 12.0 Å². The Balaban J connectivity index is 3.07. The van der Waals surface area contributed by atoms with E-state index in [2.05, 4.69) is 25.4 Å². The molecule has 0 fully saturated rings. The second-order valence-electron chi connectivity index (χ2n) is 4.05. The second-order valence-corrected chi connectivity index (χ2v) is 5.04. The molecule has 1 N–H and O–H groups in total. The molecule has 0 saturated heterocycles. The van der Waals surface area contributed by atoms with E-state index in [1.165, 1.54) is 50.8 Å². The fourth-order valence-electron chi connectivity index (χ4n) is 1.54. The van der Waals surface area contributed by atoms with Crippen LogP contribution in [0.1, 0.15) is 52.4 Å². The van der Waals surface area contributed by atoms with Crippen molar-refractivity contribution in [2.75, 3.05) is 18.6 Å². The maximum absolute atomic E-state index is 3.58. The molecule has 0 aromatic heterocycles. The van der Waals surface area contributed by atoms with Gasteiger partial charge < -0.3 is 5.32 Å². The summed E-state index contributed by atoms with van der Waals surface area (Å²) >= 11 is 1.94. The SMILES string of the molecule is CCCCCC[C@@H](C)NCCCSC. The summed E-state index contributed by atoms with van der Waals surface area (Å²) in [4.78, 5) is 0. The molecule has 0 aliphatic heterocycles. The highest BCUT2D eigenvalue weighted by atomic mass is 32.2. The predicted molar refractivity (Wildman–Crippen MR) is 69.2 cm³/mol. The highest BCUT2D eigenvalue weighted by molar-refractivity contribution is 7.98. The van der Waals surface area contributed by atoms with Crippen LogP contribution in [0.4, 0.5) is 0 Å². The summed E-state index contributed by atoms with van der Waals surface area (Å²) in [7, 11) is 0. The molecular formula is C12H27NS. The molecule has 0 aliphatic carbocycles. The largest absolute Gasteiger partial charge is 0.314 e. The van der Waals surface area contributed by atoms with Crippen molar-refractivity contribution in [1.82, 2.24) is 5.32 Å². The van der Waals surface area contributed by atoms with Crippen LogP contribution < -0.4 is 5.32 Å². The molecule has 0 heterocycles. The van der Waals surface area contributed by atoms with E-state index in [1.807, 2.05) is 11.8 Å². The Hall–Kier alpha value is 0.310. The monoisotopic (exact) mass is 217 g/mol. The summed E-state index contributed by atoms with van der Waals surface area (Å²) in [5.41, 5.74) is 0. The lowest BCUT2D eigenvalue weighted by molar-refractivity contribution is 0.484. The zero-order chi connectivity index (χ0) is 10.6. The van der Waals surface area contributed by atoms with Gasteiger partial charge in [-0.3, -0.25) is 0 Å². The van der Waals surface area contributed by atoms with Crippen LogP contribution in [-0.2, 0) is 0 Å². The molecular weight excluding hydrogens is 190 g/mol. The molecule has 1 nitrogen and oxygen atoms in total. The molecule has 14 heavy (non-hydrogen) atoms. The smallest absolute Gasteiger partial charge is 0.00387 e. The van der Waals surface area contributed by atoms with Crippen molar-refractivity contribution >= 4 is 11.8 Å². The van der Waals surface area contributed by atoms with Gasteiger partial charge in [-0.1, -0.05) is 32.6 Å². The van der Waals surface area contributed by atoms with Gasteiger partial charge in [-0.2, -0.15) is 11.8 Å². The third-order valence-electron chi connectivity index (χ3n) is 2.51. The van der Waals surface area contributed by atoms with Crippen LogP contribution in [-0.4, -0.2) is 24.6 Å². The maximum Gasteiger partial charge on any atom is 0.00387 e. The van der Waals surface area contributed by atoms with Crippen molar-refractivity contribution in [3.63, 3.8) is 0 Å². The third-order valence-corrected chi connectivity index (χ3v) is 3.21. The Morgan fingerprint density at radius 3 is 2.57 bits per heavy atom. The average Bonchev–Trinajstić information content (AvgIpc) is 2.19. The lowest BCUT2D eigenvalue weighted by Gasteiger charge is -2.13. The summed E-state index contributed by atoms with van der Waals surface area (Å²) in [6, 6.07) is 0.716. The van der Waals surface area contributed by atoms with Crippen molar-refractivity contribution in [2.45, 2.75) is 58.4 Å². The third kappa shape index (κ3) is 10.4. The van der Waals surface area contributed by atoms with Gasteiger partial charge in [0.2, 0.25) is 0 Å². The van der Waals surface area contributed by atoms with Crippen LogP contribution in [0, 0.1) is 0 Å². The number of thioether (sulfide) groups is 1. The minimum atomic E-state index is 0.716. The van der Waals surface area contributed by atoms with Crippen molar-refractivity contribution in [2.24, 2.45) is 0 Å². The number of hydrogen-bond acceptors (Lipinski definition) is 2. The number of nitrogens with one attached hydrogen (secondary N) is 1. The fraction of sp³-hybridized carbons (Fsp3) is 1.00. The van der Waals surface area contributed by atoms with Gasteiger partial charge in [0.15, 0.2) is 0 Å². The summed E-state index contributed by atoms with van der Waals surface area (Å²) in [6.07, 6.45) is 10.4. The van der Waals surface area contributed by atoms with E-state index in [9.17, 15) is 0 Å². The fourth-order valence-corrected chi connectivity index (χ4v) is 1.98. The van der Waals surface area contributed by atoms with Crippen LogP contribution in [0.25, 0.3) is 0 Å². The molecule has 0 aromatic rings. The standard InChI is InChI=1S/C12H27NS/c1-4-5-6-7-9-12(2)13-10-8-11-14-3/h12-13H,4-11H2,1-3H3/t12-/m1/s1. The summed E-state index contributed by atoms with van der Waals surface area (Å²) in [5, 5.41) is 3.58. The van der Waals surface area contributed by atoms with E-state index in [0.29, 0.717) is 6.04 Å². The zero-order valence-electron chi connectivity index (χ0n) is 10.1. The van der Waals surface area contributed by atoms with Gasteiger partial charge in [0, 0.05) is 6.04 Å². The van der Waals surface area contributed by atoms with Gasteiger partial charge in [-0.25, -0.2) is 0 Å². The van der Waals surface area contributed by atoms with Gasteiger partial charge in [0.05, 0.1) is 0 Å². The van der Waals surface area contributed by atoms with E-state index >= 15 is 0 Å². The number of rotatable bonds is 10. The second kappa shape index (κ2) is 11.4. The molecule has 0 aliphatic rings. The van der Waals surface area contributed by atoms with E-state index in [-0.39, 0.29) is 0 Å². The summed E-state index contributed by atoms with van der Waals surface area (Å²) in [5.74, 6) is 1.29. The van der Waals surface area contributed by atoms with Gasteiger partial charge in [-0.05, 0) is 38.3 Å².